The van der Waals surface area contributed by atoms with E-state index in [1.807, 2.05) is 24.3 Å². The molecule has 38 heavy (non-hydrogen) atoms. The predicted molar refractivity (Wildman–Crippen MR) is 141 cm³/mol. The Morgan fingerprint density at radius 1 is 0.868 bits per heavy atom. The zero-order chi connectivity index (χ0) is 27.7. The number of hydrogen-bond acceptors (Lipinski definition) is 5. The summed E-state index contributed by atoms with van der Waals surface area (Å²) in [6.07, 6.45) is -4.67. The van der Waals surface area contributed by atoms with Crippen molar-refractivity contribution in [2.75, 3.05) is 35.0 Å². The molecule has 4 N–H and O–H groups in total. The maximum absolute atomic E-state index is 13.4. The van der Waals surface area contributed by atoms with Crippen molar-refractivity contribution < 1.29 is 27.5 Å². The van der Waals surface area contributed by atoms with Crippen LogP contribution in [-0.4, -0.2) is 31.2 Å². The van der Waals surface area contributed by atoms with Gasteiger partial charge in [-0.3, -0.25) is 9.59 Å². The maximum Gasteiger partial charge on any atom is 0.417 e. The van der Waals surface area contributed by atoms with Gasteiger partial charge in [-0.05, 0) is 53.4 Å². The van der Waals surface area contributed by atoms with Gasteiger partial charge in [0, 0.05) is 18.5 Å². The van der Waals surface area contributed by atoms with Gasteiger partial charge in [-0.15, -0.1) is 0 Å². The Balaban J connectivity index is 1.52. The van der Waals surface area contributed by atoms with E-state index in [0.29, 0.717) is 17.1 Å². The van der Waals surface area contributed by atoms with Gasteiger partial charge in [-0.25, -0.2) is 0 Å². The summed E-state index contributed by atoms with van der Waals surface area (Å²) in [6, 6.07) is 16.8. The fraction of sp³-hybridized carbons (Fsp3) is 0.286. The van der Waals surface area contributed by atoms with Crippen molar-refractivity contribution in [2.24, 2.45) is 0 Å². The van der Waals surface area contributed by atoms with Crippen molar-refractivity contribution in [2.45, 2.75) is 38.0 Å². The number of nitrogens with one attached hydrogen (secondary N) is 4. The monoisotopic (exact) mass is 526 g/mol. The third-order valence-electron chi connectivity index (χ3n) is 6.21. The van der Waals surface area contributed by atoms with Crippen LogP contribution in [0.15, 0.2) is 66.7 Å². The summed E-state index contributed by atoms with van der Waals surface area (Å²) in [4.78, 5) is 26.0. The van der Waals surface area contributed by atoms with Gasteiger partial charge in [-0.2, -0.15) is 13.2 Å². The molecule has 0 aliphatic carbocycles. The van der Waals surface area contributed by atoms with Crippen LogP contribution < -0.4 is 21.3 Å². The molecule has 1 aliphatic heterocycles. The summed E-state index contributed by atoms with van der Waals surface area (Å²) in [6.45, 7) is 6.27. The first kappa shape index (κ1) is 27.0. The van der Waals surface area contributed by atoms with Crippen LogP contribution in [0.2, 0.25) is 0 Å². The van der Waals surface area contributed by atoms with E-state index >= 15 is 0 Å². The van der Waals surface area contributed by atoms with Crippen molar-refractivity contribution in [3.05, 3.63) is 83.4 Å². The quantitative estimate of drug-likeness (QED) is 0.313. The number of rotatable bonds is 6. The van der Waals surface area contributed by atoms with Crippen LogP contribution >= 0.6 is 0 Å². The van der Waals surface area contributed by atoms with Crippen LogP contribution in [0.3, 0.4) is 0 Å². The second-order valence-electron chi connectivity index (χ2n) is 10.1. The highest BCUT2D eigenvalue weighted by molar-refractivity contribution is 6.07. The zero-order valence-corrected chi connectivity index (χ0v) is 21.4. The summed E-state index contributed by atoms with van der Waals surface area (Å²) in [5.74, 6) is -1.30. The van der Waals surface area contributed by atoms with Gasteiger partial charge in [0.25, 0.3) is 11.8 Å². The van der Waals surface area contributed by atoms with E-state index in [4.69, 9.17) is 4.74 Å². The average Bonchev–Trinajstić information content (AvgIpc) is 3.22. The number of alkyl halides is 3. The highest BCUT2D eigenvalue weighted by Gasteiger charge is 2.44. The summed E-state index contributed by atoms with van der Waals surface area (Å²) >= 11 is 0. The second kappa shape index (κ2) is 10.0. The van der Waals surface area contributed by atoms with Crippen LogP contribution in [0.25, 0.3) is 0 Å². The maximum atomic E-state index is 13.4. The van der Waals surface area contributed by atoms with Gasteiger partial charge in [0.05, 0.1) is 29.1 Å². The Labute approximate surface area is 218 Å². The van der Waals surface area contributed by atoms with Crippen LogP contribution in [0.5, 0.6) is 0 Å². The molecule has 0 aromatic heterocycles. The molecular weight excluding hydrogens is 497 g/mol. The molecule has 1 unspecified atom stereocenters. The van der Waals surface area contributed by atoms with E-state index in [9.17, 15) is 22.8 Å². The van der Waals surface area contributed by atoms with Crippen molar-refractivity contribution in [1.82, 2.24) is 0 Å². The topological polar surface area (TPSA) is 91.5 Å². The lowest BCUT2D eigenvalue weighted by molar-refractivity contribution is -0.137. The number of carbonyl (C=O) groups is 2. The van der Waals surface area contributed by atoms with Crippen molar-refractivity contribution >= 4 is 34.6 Å². The SMILES string of the molecule is COCC1(C(=O)Nc2ccc(C(C)(C)C)cc2)Nc2ccc(NC(=O)c3ccccc3C(F)(F)F)cc2N1. The number of hydrogen-bond donors (Lipinski definition) is 4. The molecule has 10 heteroatoms. The van der Waals surface area contributed by atoms with Crippen LogP contribution in [-0.2, 0) is 21.1 Å². The molecule has 0 spiro atoms. The smallest absolute Gasteiger partial charge is 0.380 e. The van der Waals surface area contributed by atoms with E-state index in [-0.39, 0.29) is 17.7 Å². The molecule has 1 atom stereocenters. The van der Waals surface area contributed by atoms with Gasteiger partial charge in [-0.1, -0.05) is 45.0 Å². The van der Waals surface area contributed by atoms with Crippen molar-refractivity contribution in [3.8, 4) is 0 Å². The molecule has 0 saturated heterocycles. The van der Waals surface area contributed by atoms with Crippen LogP contribution in [0, 0.1) is 0 Å². The zero-order valence-electron chi connectivity index (χ0n) is 21.4. The van der Waals surface area contributed by atoms with Gasteiger partial charge in [0.2, 0.25) is 5.66 Å². The lowest BCUT2D eigenvalue weighted by Crippen LogP contribution is -2.56. The molecule has 0 fully saturated rings. The molecule has 1 heterocycles. The fourth-order valence-electron chi connectivity index (χ4n) is 4.21. The summed E-state index contributed by atoms with van der Waals surface area (Å²) in [7, 11) is 1.46. The second-order valence-corrected chi connectivity index (χ2v) is 10.1. The van der Waals surface area contributed by atoms with E-state index in [2.05, 4.69) is 42.0 Å². The Morgan fingerprint density at radius 2 is 1.50 bits per heavy atom. The van der Waals surface area contributed by atoms with Gasteiger partial charge >= 0.3 is 6.18 Å². The molecule has 200 valence electrons. The number of carbonyl (C=O) groups excluding carboxylic acids is 2. The molecule has 0 radical (unpaired) electrons. The summed E-state index contributed by atoms with van der Waals surface area (Å²) in [5.41, 5.74) is 0.126. The van der Waals surface area contributed by atoms with Crippen molar-refractivity contribution in [1.29, 1.82) is 0 Å². The number of benzene rings is 3. The molecular formula is C28H29F3N4O3. The molecule has 0 bridgehead atoms. The fourth-order valence-corrected chi connectivity index (χ4v) is 4.21. The lowest BCUT2D eigenvalue weighted by Gasteiger charge is -2.28. The number of anilines is 4. The summed E-state index contributed by atoms with van der Waals surface area (Å²) < 4.78 is 45.3. The molecule has 0 saturated carbocycles. The standard InChI is InChI=1S/C28H29F3N4O3/c1-26(2,3)17-9-11-18(12-10-17)33-25(37)27(16-38-4)34-22-14-13-19(15-23(22)35-27)32-24(36)20-7-5-6-8-21(20)28(29,30)31/h5-15,34-35H,16H2,1-4H3,(H,32,36)(H,33,37). The number of methoxy groups -OCH3 is 1. The molecule has 4 rings (SSSR count). The van der Waals surface area contributed by atoms with Crippen molar-refractivity contribution in [3.63, 3.8) is 0 Å². The molecule has 2 amide bonds. The third kappa shape index (κ3) is 5.60. The largest absolute Gasteiger partial charge is 0.417 e. The van der Waals surface area contributed by atoms with E-state index in [1.54, 1.807) is 12.1 Å². The summed E-state index contributed by atoms with van der Waals surface area (Å²) in [5, 5.41) is 11.6. The first-order chi connectivity index (χ1) is 17.8. The Kier molecular flexibility index (Phi) is 7.12. The predicted octanol–water partition coefficient (Wildman–Crippen LogP) is 6.07. The Bertz CT molecular complexity index is 1350. The third-order valence-corrected chi connectivity index (χ3v) is 6.21. The highest BCUT2D eigenvalue weighted by Crippen LogP contribution is 2.38. The average molecular weight is 527 g/mol. The van der Waals surface area contributed by atoms with E-state index < -0.39 is 34.8 Å². The van der Waals surface area contributed by atoms with E-state index in [0.717, 1.165) is 17.7 Å². The minimum absolute atomic E-state index is 0.0298. The van der Waals surface area contributed by atoms with Crippen LogP contribution in [0.1, 0.15) is 42.3 Å². The highest BCUT2D eigenvalue weighted by atomic mass is 19.4. The molecule has 7 nitrogen and oxygen atoms in total. The Morgan fingerprint density at radius 3 is 2.13 bits per heavy atom. The number of halogens is 3. The van der Waals surface area contributed by atoms with Gasteiger partial charge < -0.3 is 26.0 Å². The molecule has 3 aromatic rings. The normalized spacial score (nSPS) is 16.7. The van der Waals surface area contributed by atoms with E-state index in [1.165, 1.54) is 25.3 Å². The number of amides is 2. The molecule has 3 aromatic carbocycles. The van der Waals surface area contributed by atoms with Gasteiger partial charge in [0.15, 0.2) is 0 Å². The Hall–Kier alpha value is -4.05. The van der Waals surface area contributed by atoms with Gasteiger partial charge in [0.1, 0.15) is 0 Å². The first-order valence-corrected chi connectivity index (χ1v) is 11.9. The lowest BCUT2D eigenvalue weighted by atomic mass is 9.87. The number of fused-ring (bicyclic) bond motifs is 1. The minimum atomic E-state index is -4.67. The molecule has 1 aliphatic rings. The number of ether oxygens (including phenoxy) is 1. The van der Waals surface area contributed by atoms with Crippen LogP contribution in [0.4, 0.5) is 35.9 Å². The minimum Gasteiger partial charge on any atom is -0.380 e. The first-order valence-electron chi connectivity index (χ1n) is 11.9.